The van der Waals surface area contributed by atoms with E-state index in [2.05, 4.69) is 51.7 Å². The number of aliphatic hydroxyl groups excluding tert-OH is 1. The second-order valence-electron chi connectivity index (χ2n) is 11.4. The highest BCUT2D eigenvalue weighted by Crippen LogP contribution is 2.57. The highest BCUT2D eigenvalue weighted by Gasteiger charge is 2.52. The molecular weight excluding hydrogens is 402 g/mol. The van der Waals surface area contributed by atoms with Crippen molar-refractivity contribution in [2.24, 2.45) is 11.3 Å². The zero-order chi connectivity index (χ0) is 23.1. The predicted molar refractivity (Wildman–Crippen MR) is 127 cm³/mol. The Labute approximate surface area is 193 Å². The monoisotopic (exact) mass is 443 g/mol. The molecule has 2 fully saturated rings. The van der Waals surface area contributed by atoms with Crippen molar-refractivity contribution < 1.29 is 19.4 Å². The van der Waals surface area contributed by atoms with Crippen LogP contribution in [0.4, 0.5) is 0 Å². The number of aliphatic hydroxyl groups is 1. The Balaban J connectivity index is 1.61. The Bertz CT molecular complexity index is 842. The van der Waals surface area contributed by atoms with Crippen LogP contribution < -0.4 is 4.74 Å². The summed E-state index contributed by atoms with van der Waals surface area (Å²) in [5, 5.41) is 10.6. The number of ketones is 1. The standard InChI is InChI=1S/C27H41NO4/c1-18(2)20-13-21-22(27(5)8-6-7-26(3,4)25(27)15-23(21)30)14-24(20)32-17-19(29)16-28-9-11-31-12-10-28/h13-14,18-19,25,29H,6-12,15-17H2,1-5H3/t19?,25-,27+/m0/s1. The van der Waals surface area contributed by atoms with Crippen molar-refractivity contribution in [1.82, 2.24) is 4.90 Å². The van der Waals surface area contributed by atoms with Crippen LogP contribution in [0, 0.1) is 11.3 Å². The third kappa shape index (κ3) is 4.49. The maximum absolute atomic E-state index is 13.2. The van der Waals surface area contributed by atoms with E-state index in [1.54, 1.807) is 0 Å². The molecule has 1 aliphatic heterocycles. The van der Waals surface area contributed by atoms with Gasteiger partial charge in [-0.2, -0.15) is 0 Å². The molecule has 32 heavy (non-hydrogen) atoms. The van der Waals surface area contributed by atoms with E-state index in [1.165, 1.54) is 12.8 Å². The fourth-order valence-electron chi connectivity index (χ4n) is 6.44. The van der Waals surface area contributed by atoms with E-state index < -0.39 is 6.10 Å². The quantitative estimate of drug-likeness (QED) is 0.699. The molecule has 1 heterocycles. The minimum Gasteiger partial charge on any atom is -0.491 e. The SMILES string of the molecule is CC(C)c1cc2c(cc1OCC(O)CN1CCOCC1)[C@@]1(C)CCCC(C)(C)[C@@H]1CC2=O. The van der Waals surface area contributed by atoms with Crippen molar-refractivity contribution in [3.63, 3.8) is 0 Å². The zero-order valence-corrected chi connectivity index (χ0v) is 20.6. The van der Waals surface area contributed by atoms with Gasteiger partial charge in [0.05, 0.1) is 13.2 Å². The van der Waals surface area contributed by atoms with E-state index in [1.807, 2.05) is 0 Å². The van der Waals surface area contributed by atoms with Gasteiger partial charge < -0.3 is 14.6 Å². The molecule has 2 aliphatic carbocycles. The van der Waals surface area contributed by atoms with Crippen molar-refractivity contribution in [3.8, 4) is 5.75 Å². The van der Waals surface area contributed by atoms with Crippen molar-refractivity contribution in [2.45, 2.75) is 77.7 Å². The van der Waals surface area contributed by atoms with Gasteiger partial charge in [-0.05, 0) is 58.8 Å². The minimum absolute atomic E-state index is 0.00890. The van der Waals surface area contributed by atoms with Gasteiger partial charge in [0.15, 0.2) is 5.78 Å². The van der Waals surface area contributed by atoms with Crippen LogP contribution in [0.25, 0.3) is 0 Å². The first-order valence-corrected chi connectivity index (χ1v) is 12.4. The van der Waals surface area contributed by atoms with E-state index in [-0.39, 0.29) is 29.1 Å². The summed E-state index contributed by atoms with van der Waals surface area (Å²) in [5.74, 6) is 1.71. The van der Waals surface area contributed by atoms with E-state index in [0.717, 1.165) is 55.2 Å². The molecule has 1 aromatic carbocycles. The van der Waals surface area contributed by atoms with Gasteiger partial charge in [0.1, 0.15) is 18.5 Å². The van der Waals surface area contributed by atoms with Gasteiger partial charge in [0, 0.05) is 31.6 Å². The number of hydrogen-bond donors (Lipinski definition) is 1. The molecule has 1 saturated carbocycles. The molecule has 0 spiro atoms. The minimum atomic E-state index is -0.553. The lowest BCUT2D eigenvalue weighted by Crippen LogP contribution is -2.49. The molecule has 5 heteroatoms. The number of carbonyl (C=O) groups excluding carboxylic acids is 1. The highest BCUT2D eigenvalue weighted by atomic mass is 16.5. The molecule has 1 unspecified atom stereocenters. The normalized spacial score (nSPS) is 28.8. The van der Waals surface area contributed by atoms with Crippen molar-refractivity contribution in [1.29, 1.82) is 0 Å². The average molecular weight is 444 g/mol. The number of β-amino-alcohol motifs (C(OH)–C–C–N with tert-alkyl or cyclic N) is 1. The molecule has 3 aliphatic rings. The lowest BCUT2D eigenvalue weighted by Gasteiger charge is -2.54. The maximum Gasteiger partial charge on any atom is 0.163 e. The molecule has 0 radical (unpaired) electrons. The molecule has 1 saturated heterocycles. The third-order valence-corrected chi connectivity index (χ3v) is 8.31. The topological polar surface area (TPSA) is 59.0 Å². The second kappa shape index (κ2) is 9.08. The summed E-state index contributed by atoms with van der Waals surface area (Å²) in [4.78, 5) is 15.5. The molecule has 1 N–H and O–H groups in total. The number of hydrogen-bond acceptors (Lipinski definition) is 5. The first-order valence-electron chi connectivity index (χ1n) is 12.4. The van der Waals surface area contributed by atoms with E-state index in [9.17, 15) is 9.90 Å². The van der Waals surface area contributed by atoms with Crippen molar-refractivity contribution in [2.75, 3.05) is 39.5 Å². The fourth-order valence-corrected chi connectivity index (χ4v) is 6.44. The lowest BCUT2D eigenvalue weighted by atomic mass is 9.50. The van der Waals surface area contributed by atoms with Gasteiger partial charge in [-0.15, -0.1) is 0 Å². The van der Waals surface area contributed by atoms with Crippen LogP contribution in [0.3, 0.4) is 0 Å². The molecule has 0 amide bonds. The van der Waals surface area contributed by atoms with Crippen LogP contribution in [0.1, 0.15) is 87.7 Å². The Morgan fingerprint density at radius 2 is 1.91 bits per heavy atom. The molecule has 5 nitrogen and oxygen atoms in total. The summed E-state index contributed by atoms with van der Waals surface area (Å²) in [6.07, 6.45) is 3.57. The molecule has 178 valence electrons. The van der Waals surface area contributed by atoms with Crippen LogP contribution >= 0.6 is 0 Å². The number of carbonyl (C=O) groups is 1. The number of nitrogens with zero attached hydrogens (tertiary/aromatic N) is 1. The number of fused-ring (bicyclic) bond motifs is 3. The van der Waals surface area contributed by atoms with Gasteiger partial charge in [0.2, 0.25) is 0 Å². The summed E-state index contributed by atoms with van der Waals surface area (Å²) in [7, 11) is 0. The Kier molecular flexibility index (Phi) is 6.73. The third-order valence-electron chi connectivity index (χ3n) is 8.31. The number of morpholine rings is 1. The van der Waals surface area contributed by atoms with E-state index >= 15 is 0 Å². The fraction of sp³-hybridized carbons (Fsp3) is 0.741. The zero-order valence-electron chi connectivity index (χ0n) is 20.6. The van der Waals surface area contributed by atoms with Gasteiger partial charge in [-0.1, -0.05) is 41.0 Å². The van der Waals surface area contributed by atoms with Crippen LogP contribution in [-0.4, -0.2) is 61.3 Å². The summed E-state index contributed by atoms with van der Waals surface area (Å²) in [5.41, 5.74) is 3.27. The van der Waals surface area contributed by atoms with E-state index in [0.29, 0.717) is 18.9 Å². The largest absolute Gasteiger partial charge is 0.491 e. The van der Waals surface area contributed by atoms with Gasteiger partial charge in [-0.25, -0.2) is 0 Å². The Morgan fingerprint density at radius 3 is 2.59 bits per heavy atom. The van der Waals surface area contributed by atoms with Gasteiger partial charge in [0.25, 0.3) is 0 Å². The summed E-state index contributed by atoms with van der Waals surface area (Å²) in [6.45, 7) is 15.3. The average Bonchev–Trinajstić information content (AvgIpc) is 2.74. The maximum atomic E-state index is 13.2. The van der Waals surface area contributed by atoms with Crippen LogP contribution in [0.5, 0.6) is 5.75 Å². The molecular formula is C27H41NO4. The molecule has 4 rings (SSSR count). The number of ether oxygens (including phenoxy) is 2. The number of Topliss-reactive ketones (excluding diaryl/α,β-unsaturated/α-hetero) is 1. The number of benzene rings is 1. The summed E-state index contributed by atoms with van der Waals surface area (Å²) >= 11 is 0. The first-order chi connectivity index (χ1) is 15.1. The summed E-state index contributed by atoms with van der Waals surface area (Å²) < 4.78 is 11.7. The Morgan fingerprint density at radius 1 is 1.19 bits per heavy atom. The van der Waals surface area contributed by atoms with Gasteiger partial charge >= 0.3 is 0 Å². The summed E-state index contributed by atoms with van der Waals surface area (Å²) in [6, 6.07) is 4.24. The lowest BCUT2D eigenvalue weighted by molar-refractivity contribution is 0.00446. The molecule has 3 atom stereocenters. The predicted octanol–water partition coefficient (Wildman–Crippen LogP) is 4.55. The van der Waals surface area contributed by atoms with Crippen LogP contribution in [0.2, 0.25) is 0 Å². The molecule has 1 aromatic rings. The highest BCUT2D eigenvalue weighted by molar-refractivity contribution is 6.00. The molecule has 0 aromatic heterocycles. The Hall–Kier alpha value is -1.43. The molecule has 0 bridgehead atoms. The van der Waals surface area contributed by atoms with Crippen LogP contribution in [-0.2, 0) is 10.2 Å². The second-order valence-corrected chi connectivity index (χ2v) is 11.4. The first kappa shape index (κ1) is 23.7. The number of rotatable bonds is 6. The van der Waals surface area contributed by atoms with Crippen molar-refractivity contribution >= 4 is 5.78 Å². The van der Waals surface area contributed by atoms with Crippen LogP contribution in [0.15, 0.2) is 12.1 Å². The van der Waals surface area contributed by atoms with E-state index in [4.69, 9.17) is 9.47 Å². The van der Waals surface area contributed by atoms with Crippen molar-refractivity contribution in [3.05, 3.63) is 28.8 Å². The van der Waals surface area contributed by atoms with Gasteiger partial charge in [-0.3, -0.25) is 9.69 Å². The smallest absolute Gasteiger partial charge is 0.163 e.